The van der Waals surface area contributed by atoms with Crippen molar-refractivity contribution in [2.45, 2.75) is 5.54 Å². The first-order chi connectivity index (χ1) is 13.7. The Labute approximate surface area is 160 Å². The molecule has 1 atom stereocenters. The number of amidine groups is 1. The minimum atomic E-state index is -0.754. The van der Waals surface area contributed by atoms with Crippen molar-refractivity contribution in [3.05, 3.63) is 78.4 Å². The van der Waals surface area contributed by atoms with Crippen LogP contribution in [0.5, 0.6) is 11.6 Å². The lowest BCUT2D eigenvalue weighted by Gasteiger charge is -2.32. The van der Waals surface area contributed by atoms with Crippen LogP contribution in [0, 0.1) is 0 Å². The molecule has 0 aliphatic carbocycles. The van der Waals surface area contributed by atoms with Gasteiger partial charge in [-0.15, -0.1) is 0 Å². The van der Waals surface area contributed by atoms with Gasteiger partial charge in [-0.2, -0.15) is 0 Å². The van der Waals surface area contributed by atoms with Crippen molar-refractivity contribution >= 4 is 11.7 Å². The summed E-state index contributed by atoms with van der Waals surface area (Å²) in [6.07, 6.45) is 7.47. The second-order valence-electron chi connectivity index (χ2n) is 6.88. The molecule has 3 aromatic heterocycles. The Bertz CT molecular complexity index is 1280. The molecule has 0 fully saturated rings. The molecule has 1 spiro atoms. The molecule has 5 heterocycles. The van der Waals surface area contributed by atoms with E-state index in [1.54, 1.807) is 12.4 Å². The molecule has 2 aliphatic heterocycles. The Kier molecular flexibility index (Phi) is 2.89. The number of ether oxygens (including phenoxy) is 2. The molecular formula is C21H15N5O2. The van der Waals surface area contributed by atoms with E-state index in [0.717, 1.165) is 27.9 Å². The molecule has 0 bridgehead atoms. The number of imidazole rings is 1. The Hall–Kier alpha value is -3.87. The van der Waals surface area contributed by atoms with Crippen LogP contribution in [-0.4, -0.2) is 27.0 Å². The van der Waals surface area contributed by atoms with E-state index in [0.29, 0.717) is 18.2 Å². The number of fused-ring (bicyclic) bond motifs is 5. The quantitative estimate of drug-likeness (QED) is 0.557. The smallest absolute Gasteiger partial charge is 0.283 e. The average molecular weight is 369 g/mol. The van der Waals surface area contributed by atoms with Gasteiger partial charge >= 0.3 is 0 Å². The van der Waals surface area contributed by atoms with Crippen LogP contribution in [0.3, 0.4) is 0 Å². The Morgan fingerprint density at radius 1 is 1.00 bits per heavy atom. The number of nitrogens with zero attached hydrogens (tertiary/aromatic N) is 4. The van der Waals surface area contributed by atoms with Gasteiger partial charge in [-0.3, -0.25) is 0 Å². The minimum absolute atomic E-state index is 0.174. The lowest BCUT2D eigenvalue weighted by atomic mass is 9.81. The van der Waals surface area contributed by atoms with E-state index in [4.69, 9.17) is 15.2 Å². The minimum Gasteiger partial charge on any atom is -0.462 e. The normalized spacial score (nSPS) is 19.6. The molecule has 0 saturated heterocycles. The third kappa shape index (κ3) is 2.01. The first-order valence-corrected chi connectivity index (χ1v) is 8.92. The topological polar surface area (TPSA) is 87.0 Å². The van der Waals surface area contributed by atoms with Gasteiger partial charge in [-0.25, -0.2) is 15.0 Å². The second-order valence-corrected chi connectivity index (χ2v) is 6.88. The van der Waals surface area contributed by atoms with E-state index in [1.807, 2.05) is 40.9 Å². The SMILES string of the molecule is NC1=N[C@@]2(CO1)c1cc(-c3ccc4nccn4c3)ccc1Oc1ncccc12. The highest BCUT2D eigenvalue weighted by Crippen LogP contribution is 2.50. The number of pyridine rings is 2. The van der Waals surface area contributed by atoms with Gasteiger partial charge in [0.15, 0.2) is 5.54 Å². The standard InChI is InChI=1S/C21H15N5O2/c22-20-25-21(12-27-20)15-2-1-7-24-19(15)28-17-5-3-13(10-16(17)21)14-4-6-18-23-8-9-26(18)11-14/h1-11H,12H2,(H2,22,25)/t21-/m1/s1. The van der Waals surface area contributed by atoms with Crippen LogP contribution in [0.4, 0.5) is 0 Å². The Balaban J connectivity index is 1.57. The van der Waals surface area contributed by atoms with Crippen molar-refractivity contribution in [2.75, 3.05) is 6.61 Å². The Morgan fingerprint density at radius 3 is 2.82 bits per heavy atom. The predicted octanol–water partition coefficient (Wildman–Crippen LogP) is 3.09. The van der Waals surface area contributed by atoms with Gasteiger partial charge in [-0.05, 0) is 47.5 Å². The second kappa shape index (κ2) is 5.32. The third-order valence-electron chi connectivity index (χ3n) is 5.30. The number of hydrogen-bond acceptors (Lipinski definition) is 6. The first kappa shape index (κ1) is 15.2. The average Bonchev–Trinajstić information content (AvgIpc) is 3.35. The fourth-order valence-electron chi connectivity index (χ4n) is 3.96. The van der Waals surface area contributed by atoms with Crippen LogP contribution in [-0.2, 0) is 10.3 Å². The zero-order valence-electron chi connectivity index (χ0n) is 14.7. The van der Waals surface area contributed by atoms with E-state index in [9.17, 15) is 0 Å². The monoisotopic (exact) mass is 369 g/mol. The number of rotatable bonds is 1. The molecule has 136 valence electrons. The van der Waals surface area contributed by atoms with Crippen molar-refractivity contribution in [1.82, 2.24) is 14.4 Å². The molecule has 7 nitrogen and oxygen atoms in total. The highest BCUT2D eigenvalue weighted by Gasteiger charge is 2.47. The van der Waals surface area contributed by atoms with Crippen molar-refractivity contribution in [3.8, 4) is 22.8 Å². The molecule has 2 N–H and O–H groups in total. The van der Waals surface area contributed by atoms with Gasteiger partial charge in [0.2, 0.25) is 5.88 Å². The Morgan fingerprint density at radius 2 is 1.93 bits per heavy atom. The van der Waals surface area contributed by atoms with Gasteiger partial charge in [0, 0.05) is 30.4 Å². The predicted molar refractivity (Wildman–Crippen MR) is 103 cm³/mol. The molecule has 28 heavy (non-hydrogen) atoms. The summed E-state index contributed by atoms with van der Waals surface area (Å²) in [4.78, 5) is 13.4. The summed E-state index contributed by atoms with van der Waals surface area (Å²) in [5, 5.41) is 0. The maximum absolute atomic E-state index is 6.06. The molecule has 4 aromatic rings. The third-order valence-corrected chi connectivity index (χ3v) is 5.30. The van der Waals surface area contributed by atoms with Crippen molar-refractivity contribution in [2.24, 2.45) is 10.7 Å². The van der Waals surface area contributed by atoms with Crippen molar-refractivity contribution in [1.29, 1.82) is 0 Å². The summed E-state index contributed by atoms with van der Waals surface area (Å²) >= 11 is 0. The van der Waals surface area contributed by atoms with Gasteiger partial charge in [0.1, 0.15) is 18.0 Å². The first-order valence-electron chi connectivity index (χ1n) is 8.92. The van der Waals surface area contributed by atoms with E-state index in [-0.39, 0.29) is 6.02 Å². The molecular weight excluding hydrogens is 354 g/mol. The number of hydrogen-bond donors (Lipinski definition) is 1. The summed E-state index contributed by atoms with van der Waals surface area (Å²) in [5.41, 5.74) is 9.94. The summed E-state index contributed by atoms with van der Waals surface area (Å²) in [6.45, 7) is 0.317. The van der Waals surface area contributed by atoms with Crippen LogP contribution in [0.2, 0.25) is 0 Å². The molecule has 2 aliphatic rings. The van der Waals surface area contributed by atoms with Gasteiger partial charge in [0.05, 0.1) is 5.56 Å². The van der Waals surface area contributed by atoms with Crippen LogP contribution in [0.1, 0.15) is 11.1 Å². The number of benzene rings is 1. The molecule has 0 unspecified atom stereocenters. The molecule has 0 radical (unpaired) electrons. The summed E-state index contributed by atoms with van der Waals surface area (Å²) < 4.78 is 13.6. The zero-order chi connectivity index (χ0) is 18.7. The van der Waals surface area contributed by atoms with Crippen LogP contribution in [0.15, 0.2) is 72.2 Å². The zero-order valence-corrected chi connectivity index (χ0v) is 14.7. The van der Waals surface area contributed by atoms with E-state index < -0.39 is 5.54 Å². The highest BCUT2D eigenvalue weighted by atomic mass is 16.5. The number of aliphatic imine (C=N–C) groups is 1. The van der Waals surface area contributed by atoms with E-state index >= 15 is 0 Å². The number of nitrogens with two attached hydrogens (primary N) is 1. The van der Waals surface area contributed by atoms with Crippen molar-refractivity contribution in [3.63, 3.8) is 0 Å². The van der Waals surface area contributed by atoms with Crippen LogP contribution < -0.4 is 10.5 Å². The van der Waals surface area contributed by atoms with Crippen LogP contribution in [0.25, 0.3) is 16.8 Å². The fourth-order valence-corrected chi connectivity index (χ4v) is 3.96. The lowest BCUT2D eigenvalue weighted by molar-refractivity contribution is 0.262. The molecule has 1 aromatic carbocycles. The largest absolute Gasteiger partial charge is 0.462 e. The lowest BCUT2D eigenvalue weighted by Crippen LogP contribution is -2.31. The van der Waals surface area contributed by atoms with Crippen molar-refractivity contribution < 1.29 is 9.47 Å². The van der Waals surface area contributed by atoms with Gasteiger partial charge < -0.3 is 19.6 Å². The summed E-state index contributed by atoms with van der Waals surface area (Å²) in [5.74, 6) is 1.24. The maximum atomic E-state index is 6.06. The van der Waals surface area contributed by atoms with Gasteiger partial charge in [-0.1, -0.05) is 6.07 Å². The highest BCUT2D eigenvalue weighted by molar-refractivity contribution is 5.77. The van der Waals surface area contributed by atoms with Crippen LogP contribution >= 0.6 is 0 Å². The van der Waals surface area contributed by atoms with E-state index in [2.05, 4.69) is 33.3 Å². The molecule has 0 amide bonds. The number of aromatic nitrogens is 3. The summed E-state index contributed by atoms with van der Waals surface area (Å²) in [6, 6.07) is 14.1. The van der Waals surface area contributed by atoms with E-state index in [1.165, 1.54) is 0 Å². The van der Waals surface area contributed by atoms with Gasteiger partial charge in [0.25, 0.3) is 6.02 Å². The fraction of sp³-hybridized carbons (Fsp3) is 0.0952. The summed E-state index contributed by atoms with van der Waals surface area (Å²) in [7, 11) is 0. The maximum Gasteiger partial charge on any atom is 0.283 e. The molecule has 6 rings (SSSR count). The molecule has 0 saturated carbocycles. The molecule has 7 heteroatoms.